The first-order valence-electron chi connectivity index (χ1n) is 5.17. The second kappa shape index (κ2) is 6.58. The number of alkyl halides is 3. The van der Waals surface area contributed by atoms with E-state index in [1.807, 2.05) is 0 Å². The monoisotopic (exact) mass is 281 g/mol. The van der Waals surface area contributed by atoms with E-state index in [1.54, 1.807) is 6.92 Å². The van der Waals surface area contributed by atoms with Crippen LogP contribution in [0.5, 0.6) is 0 Å². The Balaban J connectivity index is 3.06. The lowest BCUT2D eigenvalue weighted by Crippen LogP contribution is -2.11. The SMILES string of the molecule is CCOC(=O)Cc1cc(C(F)F)c(F)c(CCl)n1. The zero-order valence-electron chi connectivity index (χ0n) is 9.55. The zero-order chi connectivity index (χ0) is 13.7. The van der Waals surface area contributed by atoms with Gasteiger partial charge in [0, 0.05) is 0 Å². The maximum Gasteiger partial charge on any atom is 0.311 e. The third kappa shape index (κ3) is 3.60. The minimum atomic E-state index is -2.99. The molecule has 0 fully saturated rings. The quantitative estimate of drug-likeness (QED) is 0.615. The van der Waals surface area contributed by atoms with Crippen molar-refractivity contribution in [1.29, 1.82) is 0 Å². The van der Waals surface area contributed by atoms with E-state index in [2.05, 4.69) is 9.72 Å². The van der Waals surface area contributed by atoms with Gasteiger partial charge in [-0.15, -0.1) is 11.6 Å². The van der Waals surface area contributed by atoms with Gasteiger partial charge in [0.15, 0.2) is 5.82 Å². The fraction of sp³-hybridized carbons (Fsp3) is 0.455. The highest BCUT2D eigenvalue weighted by molar-refractivity contribution is 6.16. The standard InChI is InChI=1S/C11H11ClF3NO2/c1-2-18-9(17)4-6-3-7(11(14)15)10(13)8(5-12)16-6/h3,11H,2,4-5H2,1H3. The van der Waals surface area contributed by atoms with Crippen LogP contribution in [0.15, 0.2) is 6.07 Å². The van der Waals surface area contributed by atoms with Crippen LogP contribution in [0.4, 0.5) is 13.2 Å². The zero-order valence-corrected chi connectivity index (χ0v) is 10.3. The van der Waals surface area contributed by atoms with Crippen molar-refractivity contribution in [2.45, 2.75) is 25.7 Å². The Labute approximate surface area is 107 Å². The first-order valence-corrected chi connectivity index (χ1v) is 5.71. The van der Waals surface area contributed by atoms with Crippen LogP contribution in [0.2, 0.25) is 0 Å². The van der Waals surface area contributed by atoms with Crippen LogP contribution in [0.1, 0.15) is 30.3 Å². The average molecular weight is 282 g/mol. The minimum Gasteiger partial charge on any atom is -0.466 e. The fourth-order valence-corrected chi connectivity index (χ4v) is 1.54. The molecule has 0 aliphatic heterocycles. The van der Waals surface area contributed by atoms with E-state index in [0.717, 1.165) is 6.07 Å². The molecule has 18 heavy (non-hydrogen) atoms. The smallest absolute Gasteiger partial charge is 0.311 e. The molecule has 0 aliphatic rings. The van der Waals surface area contributed by atoms with E-state index in [-0.39, 0.29) is 30.3 Å². The molecule has 0 saturated carbocycles. The molecule has 0 aliphatic carbocycles. The number of halogens is 4. The third-order valence-electron chi connectivity index (χ3n) is 2.10. The summed E-state index contributed by atoms with van der Waals surface area (Å²) in [5, 5.41) is 0. The lowest BCUT2D eigenvalue weighted by Gasteiger charge is -2.09. The number of hydrogen-bond acceptors (Lipinski definition) is 3. The van der Waals surface area contributed by atoms with Crippen molar-refractivity contribution in [2.24, 2.45) is 0 Å². The van der Waals surface area contributed by atoms with Crippen molar-refractivity contribution in [3.63, 3.8) is 0 Å². The van der Waals surface area contributed by atoms with Crippen LogP contribution in [0, 0.1) is 5.82 Å². The van der Waals surface area contributed by atoms with Crippen LogP contribution in [-0.4, -0.2) is 17.6 Å². The Bertz CT molecular complexity index is 441. The normalized spacial score (nSPS) is 10.8. The van der Waals surface area contributed by atoms with Gasteiger partial charge in [-0.1, -0.05) is 0 Å². The van der Waals surface area contributed by atoms with Crippen molar-refractivity contribution in [1.82, 2.24) is 4.98 Å². The largest absolute Gasteiger partial charge is 0.466 e. The Kier molecular flexibility index (Phi) is 5.40. The van der Waals surface area contributed by atoms with Crippen LogP contribution >= 0.6 is 11.6 Å². The van der Waals surface area contributed by atoms with Gasteiger partial charge in [-0.3, -0.25) is 9.78 Å². The van der Waals surface area contributed by atoms with Gasteiger partial charge < -0.3 is 4.74 Å². The van der Waals surface area contributed by atoms with Crippen molar-refractivity contribution in [3.05, 3.63) is 28.8 Å². The second-order valence-electron chi connectivity index (χ2n) is 3.38. The van der Waals surface area contributed by atoms with Crippen molar-refractivity contribution in [3.8, 4) is 0 Å². The summed E-state index contributed by atoms with van der Waals surface area (Å²) in [6, 6.07) is 0.854. The molecule has 0 aromatic carbocycles. The number of esters is 1. The molecule has 0 radical (unpaired) electrons. The highest BCUT2D eigenvalue weighted by Crippen LogP contribution is 2.25. The number of pyridine rings is 1. The molecule has 0 saturated heterocycles. The van der Waals surface area contributed by atoms with Gasteiger partial charge in [-0.2, -0.15) is 0 Å². The molecule has 3 nitrogen and oxygen atoms in total. The Hall–Kier alpha value is -1.30. The van der Waals surface area contributed by atoms with E-state index in [1.165, 1.54) is 0 Å². The molecule has 0 unspecified atom stereocenters. The molecule has 1 aromatic heterocycles. The summed E-state index contributed by atoms with van der Waals surface area (Å²) in [6.45, 7) is 1.79. The van der Waals surface area contributed by atoms with Gasteiger partial charge in [0.05, 0.1) is 35.9 Å². The fourth-order valence-electron chi connectivity index (χ4n) is 1.36. The first-order chi connectivity index (χ1) is 8.49. The molecule has 0 N–H and O–H groups in total. The van der Waals surface area contributed by atoms with Crippen molar-refractivity contribution < 1.29 is 22.7 Å². The molecule has 0 amide bonds. The Morgan fingerprint density at radius 3 is 2.72 bits per heavy atom. The summed E-state index contributed by atoms with van der Waals surface area (Å²) >= 11 is 5.41. The molecule has 1 aromatic rings. The van der Waals surface area contributed by atoms with Gasteiger partial charge in [0.1, 0.15) is 0 Å². The number of nitrogens with zero attached hydrogens (tertiary/aromatic N) is 1. The number of hydrogen-bond donors (Lipinski definition) is 0. The maximum absolute atomic E-state index is 13.4. The van der Waals surface area contributed by atoms with Crippen LogP contribution in [0.25, 0.3) is 0 Å². The van der Waals surface area contributed by atoms with Crippen molar-refractivity contribution in [2.75, 3.05) is 6.61 Å². The second-order valence-corrected chi connectivity index (χ2v) is 3.65. The van der Waals surface area contributed by atoms with Crippen LogP contribution in [0.3, 0.4) is 0 Å². The van der Waals surface area contributed by atoms with E-state index in [4.69, 9.17) is 11.6 Å². The Morgan fingerprint density at radius 1 is 1.56 bits per heavy atom. The highest BCUT2D eigenvalue weighted by Gasteiger charge is 2.20. The highest BCUT2D eigenvalue weighted by atomic mass is 35.5. The van der Waals surface area contributed by atoms with Crippen LogP contribution < -0.4 is 0 Å². The van der Waals surface area contributed by atoms with E-state index in [0.29, 0.717) is 0 Å². The first kappa shape index (κ1) is 14.8. The van der Waals surface area contributed by atoms with Gasteiger partial charge in [0.25, 0.3) is 6.43 Å². The lowest BCUT2D eigenvalue weighted by atomic mass is 10.1. The van der Waals surface area contributed by atoms with Crippen LogP contribution in [-0.2, 0) is 21.8 Å². The molecular formula is C11H11ClF3NO2. The van der Waals surface area contributed by atoms with E-state index < -0.39 is 23.8 Å². The summed E-state index contributed by atoms with van der Waals surface area (Å²) in [7, 11) is 0. The number of ether oxygens (including phenoxy) is 1. The summed E-state index contributed by atoms with van der Waals surface area (Å²) in [6.07, 6.45) is -3.28. The number of carbonyl (C=O) groups excluding carboxylic acids is 1. The van der Waals surface area contributed by atoms with Gasteiger partial charge in [-0.25, -0.2) is 13.2 Å². The number of carbonyl (C=O) groups is 1. The topological polar surface area (TPSA) is 39.2 Å². The van der Waals surface area contributed by atoms with E-state index in [9.17, 15) is 18.0 Å². The number of rotatable bonds is 5. The third-order valence-corrected chi connectivity index (χ3v) is 2.35. The molecule has 1 rings (SSSR count). The lowest BCUT2D eigenvalue weighted by molar-refractivity contribution is -0.142. The summed E-state index contributed by atoms with van der Waals surface area (Å²) in [5.74, 6) is -2.09. The molecule has 0 spiro atoms. The summed E-state index contributed by atoms with van der Waals surface area (Å²) < 4.78 is 43.3. The maximum atomic E-state index is 13.4. The summed E-state index contributed by atoms with van der Waals surface area (Å²) in [5.41, 5.74) is -1.09. The molecule has 0 bridgehead atoms. The molecule has 100 valence electrons. The van der Waals surface area contributed by atoms with Crippen molar-refractivity contribution >= 4 is 17.6 Å². The predicted octanol–water partition coefficient (Wildman–Crippen LogP) is 3.00. The molecule has 7 heteroatoms. The predicted molar refractivity (Wildman–Crippen MR) is 59.0 cm³/mol. The average Bonchev–Trinajstić information content (AvgIpc) is 2.31. The molecule has 1 heterocycles. The summed E-state index contributed by atoms with van der Waals surface area (Å²) in [4.78, 5) is 14.9. The molecular weight excluding hydrogens is 271 g/mol. The van der Waals surface area contributed by atoms with E-state index >= 15 is 0 Å². The van der Waals surface area contributed by atoms with Gasteiger partial charge in [-0.05, 0) is 13.0 Å². The Morgan fingerprint density at radius 2 is 2.22 bits per heavy atom. The van der Waals surface area contributed by atoms with Gasteiger partial charge in [0.2, 0.25) is 0 Å². The minimum absolute atomic E-state index is 0.0146. The molecule has 0 atom stereocenters. The number of aromatic nitrogens is 1. The van der Waals surface area contributed by atoms with Gasteiger partial charge >= 0.3 is 5.97 Å².